The first-order chi connectivity index (χ1) is 9.94. The number of nitrogens with zero attached hydrogens (tertiary/aromatic N) is 2. The second-order valence-corrected chi connectivity index (χ2v) is 6.32. The molecule has 0 amide bonds. The van der Waals surface area contributed by atoms with E-state index in [1.165, 1.54) is 17.8 Å². The van der Waals surface area contributed by atoms with Crippen LogP contribution in [0.25, 0.3) is 0 Å². The SMILES string of the molecule is CC(C)NCc1ccc(Sc2nc(N)cc(N)n2)c(Cl)c1. The van der Waals surface area contributed by atoms with Crippen molar-refractivity contribution in [3.05, 3.63) is 34.9 Å². The van der Waals surface area contributed by atoms with E-state index in [1.807, 2.05) is 18.2 Å². The van der Waals surface area contributed by atoms with Gasteiger partial charge < -0.3 is 16.8 Å². The third kappa shape index (κ3) is 4.77. The van der Waals surface area contributed by atoms with Gasteiger partial charge in [-0.1, -0.05) is 31.5 Å². The first-order valence-electron chi connectivity index (χ1n) is 6.53. The number of rotatable bonds is 5. The molecular weight excluding hydrogens is 306 g/mol. The number of aromatic nitrogens is 2. The number of halogens is 1. The van der Waals surface area contributed by atoms with E-state index in [-0.39, 0.29) is 0 Å². The molecule has 0 unspecified atom stereocenters. The largest absolute Gasteiger partial charge is 0.383 e. The molecule has 0 radical (unpaired) electrons. The van der Waals surface area contributed by atoms with Crippen LogP contribution in [-0.2, 0) is 6.54 Å². The molecule has 0 spiro atoms. The number of nitrogens with one attached hydrogen (secondary N) is 1. The van der Waals surface area contributed by atoms with Crippen molar-refractivity contribution in [2.75, 3.05) is 11.5 Å². The number of nitrogens with two attached hydrogens (primary N) is 2. The molecule has 0 aliphatic carbocycles. The Kier molecular flexibility index (Phi) is 5.27. The summed E-state index contributed by atoms with van der Waals surface area (Å²) in [7, 11) is 0. The van der Waals surface area contributed by atoms with E-state index in [0.29, 0.717) is 27.9 Å². The van der Waals surface area contributed by atoms with E-state index in [9.17, 15) is 0 Å². The zero-order chi connectivity index (χ0) is 15.4. The van der Waals surface area contributed by atoms with Gasteiger partial charge >= 0.3 is 0 Å². The van der Waals surface area contributed by atoms with Gasteiger partial charge in [0.1, 0.15) is 11.6 Å². The van der Waals surface area contributed by atoms with Crippen molar-refractivity contribution in [1.29, 1.82) is 0 Å². The van der Waals surface area contributed by atoms with E-state index >= 15 is 0 Å². The summed E-state index contributed by atoms with van der Waals surface area (Å²) in [4.78, 5) is 9.13. The zero-order valence-corrected chi connectivity index (χ0v) is 13.5. The summed E-state index contributed by atoms with van der Waals surface area (Å²) in [5.41, 5.74) is 12.4. The topological polar surface area (TPSA) is 89.8 Å². The molecule has 0 saturated carbocycles. The minimum absolute atomic E-state index is 0.346. The monoisotopic (exact) mass is 323 g/mol. The standard InChI is InChI=1S/C14H18ClN5S/c1-8(2)18-7-9-3-4-11(10(15)5-9)21-14-19-12(16)6-13(17)20-14/h3-6,8,18H,7H2,1-2H3,(H4,16,17,19,20). The molecule has 2 aromatic rings. The van der Waals surface area contributed by atoms with E-state index < -0.39 is 0 Å². The maximum atomic E-state index is 6.31. The molecule has 5 N–H and O–H groups in total. The van der Waals surface area contributed by atoms with Gasteiger partial charge in [0.25, 0.3) is 0 Å². The Bertz CT molecular complexity index is 613. The predicted octanol–water partition coefficient (Wildman–Crippen LogP) is 2.94. The van der Waals surface area contributed by atoms with Crippen molar-refractivity contribution in [3.63, 3.8) is 0 Å². The van der Waals surface area contributed by atoms with Crippen LogP contribution >= 0.6 is 23.4 Å². The molecule has 21 heavy (non-hydrogen) atoms. The van der Waals surface area contributed by atoms with Gasteiger partial charge in [0.15, 0.2) is 5.16 Å². The minimum Gasteiger partial charge on any atom is -0.383 e. The summed E-state index contributed by atoms with van der Waals surface area (Å²) < 4.78 is 0. The third-order valence-electron chi connectivity index (χ3n) is 2.66. The molecule has 0 saturated heterocycles. The molecule has 1 aromatic heterocycles. The Hall–Kier alpha value is -1.50. The fourth-order valence-corrected chi connectivity index (χ4v) is 2.78. The highest BCUT2D eigenvalue weighted by molar-refractivity contribution is 7.99. The van der Waals surface area contributed by atoms with Gasteiger partial charge in [-0.25, -0.2) is 9.97 Å². The highest BCUT2D eigenvalue weighted by atomic mass is 35.5. The molecule has 5 nitrogen and oxygen atoms in total. The van der Waals surface area contributed by atoms with Crippen molar-refractivity contribution < 1.29 is 0 Å². The Balaban J connectivity index is 2.13. The normalized spacial score (nSPS) is 11.0. The fourth-order valence-electron chi connectivity index (χ4n) is 1.66. The maximum Gasteiger partial charge on any atom is 0.196 e. The van der Waals surface area contributed by atoms with Crippen LogP contribution in [0.5, 0.6) is 0 Å². The van der Waals surface area contributed by atoms with E-state index in [0.717, 1.165) is 17.0 Å². The maximum absolute atomic E-state index is 6.31. The molecule has 1 heterocycles. The van der Waals surface area contributed by atoms with Crippen molar-refractivity contribution in [2.24, 2.45) is 0 Å². The first-order valence-corrected chi connectivity index (χ1v) is 7.73. The highest BCUT2D eigenvalue weighted by Crippen LogP contribution is 2.32. The molecule has 0 aliphatic rings. The van der Waals surface area contributed by atoms with Crippen molar-refractivity contribution in [1.82, 2.24) is 15.3 Å². The molecule has 0 fully saturated rings. The van der Waals surface area contributed by atoms with Gasteiger partial charge in [-0.05, 0) is 29.5 Å². The number of hydrogen-bond acceptors (Lipinski definition) is 6. The summed E-state index contributed by atoms with van der Waals surface area (Å²) in [5.74, 6) is 0.692. The van der Waals surface area contributed by atoms with Crippen LogP contribution in [0, 0.1) is 0 Å². The van der Waals surface area contributed by atoms with Gasteiger partial charge in [0, 0.05) is 23.5 Å². The van der Waals surface area contributed by atoms with Crippen LogP contribution in [0.15, 0.2) is 34.3 Å². The summed E-state index contributed by atoms with van der Waals surface area (Å²) in [5, 5.41) is 4.50. The summed E-state index contributed by atoms with van der Waals surface area (Å²) in [6.07, 6.45) is 0. The average molecular weight is 324 g/mol. The number of benzene rings is 1. The van der Waals surface area contributed by atoms with Crippen LogP contribution in [0.1, 0.15) is 19.4 Å². The second kappa shape index (κ2) is 6.98. The lowest BCUT2D eigenvalue weighted by atomic mass is 10.2. The van der Waals surface area contributed by atoms with Gasteiger partial charge in [0.2, 0.25) is 0 Å². The molecule has 0 bridgehead atoms. The lowest BCUT2D eigenvalue weighted by Crippen LogP contribution is -2.21. The van der Waals surface area contributed by atoms with Crippen LogP contribution in [0.3, 0.4) is 0 Å². The summed E-state index contributed by atoms with van der Waals surface area (Å²) >= 11 is 7.65. The first kappa shape index (κ1) is 15.9. The molecule has 0 atom stereocenters. The van der Waals surface area contributed by atoms with Crippen LogP contribution in [0.2, 0.25) is 5.02 Å². The van der Waals surface area contributed by atoms with E-state index in [4.69, 9.17) is 23.1 Å². The Morgan fingerprint density at radius 3 is 2.43 bits per heavy atom. The van der Waals surface area contributed by atoms with Crippen LogP contribution in [0.4, 0.5) is 11.6 Å². The van der Waals surface area contributed by atoms with Gasteiger partial charge in [0.05, 0.1) is 5.02 Å². The molecule has 2 rings (SSSR count). The predicted molar refractivity (Wildman–Crippen MR) is 88.4 cm³/mol. The summed E-state index contributed by atoms with van der Waals surface area (Å²) in [6.45, 7) is 4.99. The Labute approximate surface area is 133 Å². The van der Waals surface area contributed by atoms with Crippen molar-refractivity contribution in [2.45, 2.75) is 36.5 Å². The van der Waals surface area contributed by atoms with Crippen molar-refractivity contribution >= 4 is 35.0 Å². The Morgan fingerprint density at radius 2 is 1.86 bits per heavy atom. The lowest BCUT2D eigenvalue weighted by molar-refractivity contribution is 0.588. The average Bonchev–Trinajstić information content (AvgIpc) is 2.38. The molecule has 1 aromatic carbocycles. The van der Waals surface area contributed by atoms with Gasteiger partial charge in [-0.2, -0.15) is 0 Å². The third-order valence-corrected chi connectivity index (χ3v) is 4.02. The number of anilines is 2. The second-order valence-electron chi connectivity index (χ2n) is 4.90. The number of nitrogen functional groups attached to an aromatic ring is 2. The molecule has 0 aliphatic heterocycles. The molecule has 112 valence electrons. The fraction of sp³-hybridized carbons (Fsp3) is 0.286. The molecular formula is C14H18ClN5S. The zero-order valence-electron chi connectivity index (χ0n) is 11.9. The van der Waals surface area contributed by atoms with Crippen molar-refractivity contribution in [3.8, 4) is 0 Å². The van der Waals surface area contributed by atoms with E-state index in [2.05, 4.69) is 29.1 Å². The number of hydrogen-bond donors (Lipinski definition) is 3. The van der Waals surface area contributed by atoms with Gasteiger partial charge in [-0.3, -0.25) is 0 Å². The quantitative estimate of drug-likeness (QED) is 0.733. The summed E-state index contributed by atoms with van der Waals surface area (Å²) in [6, 6.07) is 7.87. The molecule has 7 heteroatoms. The Morgan fingerprint density at radius 1 is 1.19 bits per heavy atom. The van der Waals surface area contributed by atoms with Gasteiger partial charge in [-0.15, -0.1) is 0 Å². The lowest BCUT2D eigenvalue weighted by Gasteiger charge is -2.10. The van der Waals surface area contributed by atoms with Crippen LogP contribution < -0.4 is 16.8 Å². The minimum atomic E-state index is 0.346. The van der Waals surface area contributed by atoms with E-state index in [1.54, 1.807) is 0 Å². The van der Waals surface area contributed by atoms with Crippen LogP contribution in [-0.4, -0.2) is 16.0 Å². The highest BCUT2D eigenvalue weighted by Gasteiger charge is 2.08. The smallest absolute Gasteiger partial charge is 0.196 e.